The van der Waals surface area contributed by atoms with Crippen LogP contribution in [0.3, 0.4) is 0 Å². The first-order valence-corrected chi connectivity index (χ1v) is 7.65. The lowest BCUT2D eigenvalue weighted by Crippen LogP contribution is -2.32. The van der Waals surface area contributed by atoms with Gasteiger partial charge in [-0.2, -0.15) is 0 Å². The molecule has 0 saturated carbocycles. The van der Waals surface area contributed by atoms with E-state index in [0.29, 0.717) is 12.2 Å². The van der Waals surface area contributed by atoms with Crippen molar-refractivity contribution in [1.29, 1.82) is 0 Å². The SMILES string of the molecule is C=C(C)C(=O)OC(OCCCCCCCCC)C(C)O. The molecule has 4 heteroatoms. The van der Waals surface area contributed by atoms with E-state index in [2.05, 4.69) is 13.5 Å². The largest absolute Gasteiger partial charge is 0.430 e. The maximum Gasteiger partial charge on any atom is 0.335 e. The van der Waals surface area contributed by atoms with Crippen molar-refractivity contribution in [3.8, 4) is 0 Å². The number of aliphatic hydroxyl groups excluding tert-OH is 1. The van der Waals surface area contributed by atoms with Crippen LogP contribution in [-0.4, -0.2) is 30.1 Å². The molecule has 0 radical (unpaired) electrons. The van der Waals surface area contributed by atoms with Crippen molar-refractivity contribution in [3.05, 3.63) is 12.2 Å². The van der Waals surface area contributed by atoms with Gasteiger partial charge >= 0.3 is 5.97 Å². The van der Waals surface area contributed by atoms with Crippen molar-refractivity contribution in [1.82, 2.24) is 0 Å². The zero-order valence-corrected chi connectivity index (χ0v) is 13.2. The molecule has 0 aliphatic heterocycles. The molecule has 20 heavy (non-hydrogen) atoms. The van der Waals surface area contributed by atoms with Gasteiger partial charge in [0.25, 0.3) is 0 Å². The lowest BCUT2D eigenvalue weighted by Gasteiger charge is -2.20. The second-order valence-electron chi connectivity index (χ2n) is 5.29. The summed E-state index contributed by atoms with van der Waals surface area (Å²) < 4.78 is 10.4. The normalized spacial score (nSPS) is 13.8. The Balaban J connectivity index is 3.71. The summed E-state index contributed by atoms with van der Waals surface area (Å²) in [6.45, 7) is 9.31. The first kappa shape index (κ1) is 19.1. The van der Waals surface area contributed by atoms with Gasteiger partial charge in [-0.3, -0.25) is 0 Å². The quantitative estimate of drug-likeness (QED) is 0.258. The predicted octanol–water partition coefficient (Wildman–Crippen LogP) is 3.58. The summed E-state index contributed by atoms with van der Waals surface area (Å²) in [5, 5.41) is 9.51. The fourth-order valence-electron chi connectivity index (χ4n) is 1.74. The van der Waals surface area contributed by atoms with Crippen molar-refractivity contribution in [2.75, 3.05) is 6.61 Å². The van der Waals surface area contributed by atoms with Crippen LogP contribution in [0.4, 0.5) is 0 Å². The molecule has 0 spiro atoms. The third kappa shape index (κ3) is 9.98. The second kappa shape index (κ2) is 11.9. The van der Waals surface area contributed by atoms with E-state index in [1.807, 2.05) is 0 Å². The molecule has 0 aromatic carbocycles. The average molecular weight is 286 g/mol. The van der Waals surface area contributed by atoms with Crippen molar-refractivity contribution < 1.29 is 19.4 Å². The van der Waals surface area contributed by atoms with Crippen LogP contribution in [-0.2, 0) is 14.3 Å². The Labute approximate surface area is 123 Å². The molecule has 4 nitrogen and oxygen atoms in total. The van der Waals surface area contributed by atoms with Crippen LogP contribution in [0.25, 0.3) is 0 Å². The van der Waals surface area contributed by atoms with E-state index >= 15 is 0 Å². The monoisotopic (exact) mass is 286 g/mol. The number of carbonyl (C=O) groups is 1. The predicted molar refractivity (Wildman–Crippen MR) is 80.3 cm³/mol. The summed E-state index contributed by atoms with van der Waals surface area (Å²) in [5.41, 5.74) is 0.301. The number of ether oxygens (including phenoxy) is 2. The Morgan fingerprint density at radius 1 is 1.15 bits per heavy atom. The molecular weight excluding hydrogens is 256 g/mol. The van der Waals surface area contributed by atoms with Gasteiger partial charge in [0, 0.05) is 5.57 Å². The van der Waals surface area contributed by atoms with Crippen molar-refractivity contribution in [3.63, 3.8) is 0 Å². The Hall–Kier alpha value is -0.870. The minimum absolute atomic E-state index is 0.301. The molecule has 0 aromatic rings. The molecule has 0 aromatic heterocycles. The van der Waals surface area contributed by atoms with Crippen LogP contribution in [0.1, 0.15) is 65.7 Å². The molecule has 0 fully saturated rings. The first-order chi connectivity index (χ1) is 9.49. The fraction of sp³-hybridized carbons (Fsp3) is 0.812. The molecule has 0 heterocycles. The molecule has 0 aliphatic carbocycles. The van der Waals surface area contributed by atoms with E-state index < -0.39 is 18.4 Å². The van der Waals surface area contributed by atoms with Gasteiger partial charge in [0.15, 0.2) is 0 Å². The van der Waals surface area contributed by atoms with Crippen LogP contribution < -0.4 is 0 Å². The molecule has 118 valence electrons. The van der Waals surface area contributed by atoms with Gasteiger partial charge in [-0.15, -0.1) is 0 Å². The highest BCUT2D eigenvalue weighted by Crippen LogP contribution is 2.09. The lowest BCUT2D eigenvalue weighted by molar-refractivity contribution is -0.197. The van der Waals surface area contributed by atoms with E-state index in [-0.39, 0.29) is 0 Å². The highest BCUT2D eigenvalue weighted by Gasteiger charge is 2.20. The van der Waals surface area contributed by atoms with Crippen LogP contribution in [0.5, 0.6) is 0 Å². The van der Waals surface area contributed by atoms with E-state index in [0.717, 1.165) is 12.8 Å². The van der Waals surface area contributed by atoms with Crippen molar-refractivity contribution >= 4 is 5.97 Å². The Kier molecular flexibility index (Phi) is 11.4. The Morgan fingerprint density at radius 2 is 1.70 bits per heavy atom. The summed E-state index contributed by atoms with van der Waals surface area (Å²) in [6.07, 6.45) is 6.59. The van der Waals surface area contributed by atoms with Gasteiger partial charge in [-0.1, -0.05) is 52.0 Å². The molecule has 0 rings (SSSR count). The van der Waals surface area contributed by atoms with Crippen molar-refractivity contribution in [2.45, 2.75) is 78.1 Å². The summed E-state index contributed by atoms with van der Waals surface area (Å²) in [7, 11) is 0. The molecule has 0 amide bonds. The van der Waals surface area contributed by atoms with Gasteiger partial charge < -0.3 is 14.6 Å². The number of unbranched alkanes of at least 4 members (excludes halogenated alkanes) is 6. The summed E-state index contributed by atoms with van der Waals surface area (Å²) in [6, 6.07) is 0. The number of hydrogen-bond acceptors (Lipinski definition) is 4. The smallest absolute Gasteiger partial charge is 0.335 e. The third-order valence-corrected chi connectivity index (χ3v) is 3.00. The zero-order chi connectivity index (χ0) is 15.4. The molecule has 1 N–H and O–H groups in total. The first-order valence-electron chi connectivity index (χ1n) is 7.65. The molecule has 2 atom stereocenters. The van der Waals surface area contributed by atoms with Gasteiger partial charge in [0.2, 0.25) is 6.29 Å². The van der Waals surface area contributed by atoms with E-state index in [4.69, 9.17) is 9.47 Å². The van der Waals surface area contributed by atoms with Gasteiger partial charge in [-0.05, 0) is 20.3 Å². The molecular formula is C16H30O4. The Bertz CT molecular complexity index is 274. The second-order valence-corrected chi connectivity index (χ2v) is 5.29. The number of rotatable bonds is 12. The summed E-state index contributed by atoms with van der Waals surface area (Å²) in [5.74, 6) is -0.532. The zero-order valence-electron chi connectivity index (χ0n) is 13.2. The minimum Gasteiger partial charge on any atom is -0.430 e. The maximum atomic E-state index is 11.4. The average Bonchev–Trinajstić information content (AvgIpc) is 2.39. The van der Waals surface area contributed by atoms with Crippen LogP contribution in [0.15, 0.2) is 12.2 Å². The lowest BCUT2D eigenvalue weighted by atomic mass is 10.1. The molecule has 0 saturated heterocycles. The number of esters is 1. The van der Waals surface area contributed by atoms with Crippen LogP contribution >= 0.6 is 0 Å². The topological polar surface area (TPSA) is 55.8 Å². The highest BCUT2D eigenvalue weighted by molar-refractivity contribution is 5.87. The van der Waals surface area contributed by atoms with Crippen LogP contribution in [0, 0.1) is 0 Å². The third-order valence-electron chi connectivity index (χ3n) is 3.00. The standard InChI is InChI=1S/C16H30O4/c1-5-6-7-8-9-10-11-12-19-16(14(4)17)20-15(18)13(2)3/h14,16-17H,2,5-12H2,1,3-4H3. The minimum atomic E-state index is -0.903. The van der Waals surface area contributed by atoms with E-state index in [1.54, 1.807) is 13.8 Å². The van der Waals surface area contributed by atoms with Crippen molar-refractivity contribution in [2.24, 2.45) is 0 Å². The molecule has 0 aliphatic rings. The maximum absolute atomic E-state index is 11.4. The van der Waals surface area contributed by atoms with Gasteiger partial charge in [0.1, 0.15) is 6.10 Å². The van der Waals surface area contributed by atoms with Crippen LogP contribution in [0.2, 0.25) is 0 Å². The highest BCUT2D eigenvalue weighted by atomic mass is 16.7. The number of carbonyl (C=O) groups excluding carboxylic acids is 1. The Morgan fingerprint density at radius 3 is 2.20 bits per heavy atom. The number of hydrogen-bond donors (Lipinski definition) is 1. The van der Waals surface area contributed by atoms with E-state index in [1.165, 1.54) is 32.1 Å². The summed E-state index contributed by atoms with van der Waals surface area (Å²) >= 11 is 0. The number of aliphatic hydroxyl groups is 1. The van der Waals surface area contributed by atoms with Gasteiger partial charge in [-0.25, -0.2) is 4.79 Å². The molecule has 2 unspecified atom stereocenters. The fourth-order valence-corrected chi connectivity index (χ4v) is 1.74. The van der Waals surface area contributed by atoms with E-state index in [9.17, 15) is 9.90 Å². The summed E-state index contributed by atoms with van der Waals surface area (Å²) in [4.78, 5) is 11.4. The molecule has 0 bridgehead atoms. The van der Waals surface area contributed by atoms with Gasteiger partial charge in [0.05, 0.1) is 6.61 Å².